The van der Waals surface area contributed by atoms with Gasteiger partial charge in [-0.25, -0.2) is 0 Å². The summed E-state index contributed by atoms with van der Waals surface area (Å²) in [6.07, 6.45) is 5.31. The predicted octanol–water partition coefficient (Wildman–Crippen LogP) is 3.99. The van der Waals surface area contributed by atoms with Gasteiger partial charge in [0, 0.05) is 35.5 Å². The number of nitrogens with zero attached hydrogens (tertiary/aromatic N) is 1. The van der Waals surface area contributed by atoms with Gasteiger partial charge in [-0.15, -0.1) is 0 Å². The van der Waals surface area contributed by atoms with E-state index in [1.165, 1.54) is 0 Å². The van der Waals surface area contributed by atoms with Gasteiger partial charge in [0.2, 0.25) is 0 Å². The number of hydrogen-bond acceptors (Lipinski definition) is 4. The molecule has 2 aromatic rings. The molecule has 1 unspecified atom stereocenters. The Kier molecular flexibility index (Phi) is 5.53. The lowest BCUT2D eigenvalue weighted by Crippen LogP contribution is -2.15. The van der Waals surface area contributed by atoms with Crippen molar-refractivity contribution in [2.45, 2.75) is 26.4 Å². The summed E-state index contributed by atoms with van der Waals surface area (Å²) in [6, 6.07) is 9.21. The molecule has 1 saturated heterocycles. The molecule has 0 aliphatic carbocycles. The molecule has 0 amide bonds. The zero-order chi connectivity index (χ0) is 17.8. The van der Waals surface area contributed by atoms with Crippen molar-refractivity contribution in [3.05, 3.63) is 57.5 Å². The minimum atomic E-state index is 0.0363. The molecule has 3 rings (SSSR count). The second kappa shape index (κ2) is 7.83. The van der Waals surface area contributed by atoms with E-state index in [0.29, 0.717) is 0 Å². The topological polar surface area (TPSA) is 40.5 Å². The van der Waals surface area contributed by atoms with Gasteiger partial charge < -0.3 is 14.0 Å². The second-order valence-corrected chi connectivity index (χ2v) is 7.32. The first-order chi connectivity index (χ1) is 12.1. The van der Waals surface area contributed by atoms with Crippen LogP contribution in [-0.2, 0) is 0 Å². The minimum absolute atomic E-state index is 0.0363. The van der Waals surface area contributed by atoms with Crippen LogP contribution in [0.15, 0.2) is 35.1 Å². The van der Waals surface area contributed by atoms with Crippen molar-refractivity contribution in [1.82, 2.24) is 4.57 Å². The molecule has 5 heteroatoms. The lowest BCUT2D eigenvalue weighted by atomic mass is 10.2. The molecule has 1 aliphatic rings. The smallest absolute Gasteiger partial charge is 0.182 e. The van der Waals surface area contributed by atoms with Gasteiger partial charge >= 0.3 is 0 Å². The van der Waals surface area contributed by atoms with Gasteiger partial charge in [-0.05, 0) is 49.8 Å². The quantitative estimate of drug-likeness (QED) is 0.811. The Hall–Kier alpha value is -2.14. The number of pyridine rings is 1. The summed E-state index contributed by atoms with van der Waals surface area (Å²) in [7, 11) is 1.66. The van der Waals surface area contributed by atoms with Crippen LogP contribution in [0.2, 0.25) is 0 Å². The van der Waals surface area contributed by atoms with Crippen molar-refractivity contribution >= 4 is 24.0 Å². The monoisotopic (exact) mass is 357 g/mol. The highest BCUT2D eigenvalue weighted by atomic mass is 32.2. The number of aromatic nitrogens is 1. The molecule has 1 aromatic heterocycles. The van der Waals surface area contributed by atoms with E-state index in [1.54, 1.807) is 19.2 Å². The van der Waals surface area contributed by atoms with Crippen LogP contribution in [0.25, 0.3) is 12.3 Å². The van der Waals surface area contributed by atoms with Crippen molar-refractivity contribution in [1.29, 1.82) is 0 Å². The Morgan fingerprint density at radius 1 is 1.16 bits per heavy atom. The van der Waals surface area contributed by atoms with Crippen molar-refractivity contribution < 1.29 is 9.47 Å². The molecular formula is C20H23NO3S. The van der Waals surface area contributed by atoms with E-state index in [-0.39, 0.29) is 11.5 Å². The van der Waals surface area contributed by atoms with Crippen LogP contribution in [0.3, 0.4) is 0 Å². The third-order valence-corrected chi connectivity index (χ3v) is 5.38. The molecule has 132 valence electrons. The summed E-state index contributed by atoms with van der Waals surface area (Å²) in [5.74, 6) is 3.71. The highest BCUT2D eigenvalue weighted by Gasteiger charge is 2.18. The maximum absolute atomic E-state index is 11.5. The normalized spacial score (nSPS) is 17.2. The van der Waals surface area contributed by atoms with Gasteiger partial charge in [-0.3, -0.25) is 4.79 Å². The lowest BCUT2D eigenvalue weighted by molar-refractivity contribution is 0.218. The number of ether oxygens (including phenoxy) is 2. The summed E-state index contributed by atoms with van der Waals surface area (Å²) < 4.78 is 13.6. The highest BCUT2D eigenvalue weighted by molar-refractivity contribution is 7.99. The van der Waals surface area contributed by atoms with E-state index in [1.807, 2.05) is 60.7 Å². The SMILES string of the molecule is COc1ccc(/C=C/n2c(C)cc(=O)cc2C)cc1OC1CCSC1. The molecule has 1 aromatic carbocycles. The molecule has 4 nitrogen and oxygen atoms in total. The standard InChI is InChI=1S/C20H23NO3S/c1-14-10-17(22)11-15(2)21(14)8-6-16-4-5-19(23-3)20(12-16)24-18-7-9-25-13-18/h4-6,8,10-12,18H,7,9,13H2,1-3H3/b8-6+. The average molecular weight is 357 g/mol. The third kappa shape index (κ3) is 4.28. The van der Waals surface area contributed by atoms with Crippen molar-refractivity contribution in [2.24, 2.45) is 0 Å². The molecule has 0 spiro atoms. The largest absolute Gasteiger partial charge is 0.493 e. The summed E-state index contributed by atoms with van der Waals surface area (Å²) in [6.45, 7) is 3.86. The van der Waals surface area contributed by atoms with E-state index in [9.17, 15) is 4.79 Å². The Labute approximate surface area is 152 Å². The fourth-order valence-corrected chi connectivity index (χ4v) is 4.03. The van der Waals surface area contributed by atoms with Gasteiger partial charge in [-0.1, -0.05) is 6.07 Å². The maximum atomic E-state index is 11.5. The van der Waals surface area contributed by atoms with Gasteiger partial charge in [0.1, 0.15) is 6.10 Å². The van der Waals surface area contributed by atoms with Gasteiger partial charge in [-0.2, -0.15) is 11.8 Å². The number of benzene rings is 1. The van der Waals surface area contributed by atoms with Crippen LogP contribution in [-0.4, -0.2) is 29.3 Å². The predicted molar refractivity (Wildman–Crippen MR) is 105 cm³/mol. The van der Waals surface area contributed by atoms with Crippen molar-refractivity contribution in [3.8, 4) is 11.5 Å². The fraction of sp³-hybridized carbons (Fsp3) is 0.350. The Balaban J connectivity index is 1.86. The van der Waals surface area contributed by atoms with Crippen molar-refractivity contribution in [2.75, 3.05) is 18.6 Å². The summed E-state index contributed by atoms with van der Waals surface area (Å²) in [4.78, 5) is 11.5. The first kappa shape index (κ1) is 17.7. The molecule has 25 heavy (non-hydrogen) atoms. The Morgan fingerprint density at radius 2 is 1.92 bits per heavy atom. The fourth-order valence-electron chi connectivity index (χ4n) is 2.94. The Bertz CT molecular complexity index is 809. The molecule has 0 saturated carbocycles. The van der Waals surface area contributed by atoms with Crippen LogP contribution >= 0.6 is 11.8 Å². The molecule has 0 radical (unpaired) electrons. The maximum Gasteiger partial charge on any atom is 0.182 e. The Morgan fingerprint density at radius 3 is 2.56 bits per heavy atom. The first-order valence-electron chi connectivity index (χ1n) is 8.37. The third-order valence-electron chi connectivity index (χ3n) is 4.25. The van der Waals surface area contributed by atoms with E-state index in [2.05, 4.69) is 0 Å². The second-order valence-electron chi connectivity index (χ2n) is 6.17. The highest BCUT2D eigenvalue weighted by Crippen LogP contribution is 2.32. The summed E-state index contributed by atoms with van der Waals surface area (Å²) in [5, 5.41) is 0. The van der Waals surface area contributed by atoms with E-state index in [4.69, 9.17) is 9.47 Å². The van der Waals surface area contributed by atoms with Gasteiger partial charge in [0.05, 0.1) is 7.11 Å². The molecule has 0 N–H and O–H groups in total. The van der Waals surface area contributed by atoms with Crippen LogP contribution < -0.4 is 14.9 Å². The number of rotatable bonds is 5. The van der Waals surface area contributed by atoms with Gasteiger partial charge in [0.25, 0.3) is 0 Å². The van der Waals surface area contributed by atoms with E-state index >= 15 is 0 Å². The van der Waals surface area contributed by atoms with Gasteiger partial charge in [0.15, 0.2) is 16.9 Å². The number of methoxy groups -OCH3 is 1. The molecule has 0 bridgehead atoms. The van der Waals surface area contributed by atoms with Crippen LogP contribution in [0.4, 0.5) is 0 Å². The van der Waals surface area contributed by atoms with Crippen LogP contribution in [0.5, 0.6) is 11.5 Å². The van der Waals surface area contributed by atoms with E-state index < -0.39 is 0 Å². The first-order valence-corrected chi connectivity index (χ1v) is 9.53. The zero-order valence-corrected chi connectivity index (χ0v) is 15.6. The molecule has 1 atom stereocenters. The minimum Gasteiger partial charge on any atom is -0.493 e. The molecule has 2 heterocycles. The van der Waals surface area contributed by atoms with Crippen LogP contribution in [0, 0.1) is 13.8 Å². The molecule has 1 fully saturated rings. The number of hydrogen-bond donors (Lipinski definition) is 0. The summed E-state index contributed by atoms with van der Waals surface area (Å²) in [5.41, 5.74) is 2.89. The lowest BCUT2D eigenvalue weighted by Gasteiger charge is -2.16. The number of aryl methyl sites for hydroxylation is 2. The summed E-state index contributed by atoms with van der Waals surface area (Å²) >= 11 is 1.92. The van der Waals surface area contributed by atoms with E-state index in [0.717, 1.165) is 46.4 Å². The van der Waals surface area contributed by atoms with Crippen LogP contribution in [0.1, 0.15) is 23.4 Å². The molecular weight excluding hydrogens is 334 g/mol. The average Bonchev–Trinajstić information content (AvgIpc) is 3.07. The number of thioether (sulfide) groups is 1. The zero-order valence-electron chi connectivity index (χ0n) is 14.8. The molecule has 1 aliphatic heterocycles. The van der Waals surface area contributed by atoms with Crippen molar-refractivity contribution in [3.63, 3.8) is 0 Å².